The van der Waals surface area contributed by atoms with E-state index in [4.69, 9.17) is 20.4 Å². The molecule has 0 aliphatic rings. The van der Waals surface area contributed by atoms with E-state index in [1.54, 1.807) is 0 Å². The predicted molar refractivity (Wildman–Crippen MR) is 37.1 cm³/mol. The standard InChI is InChI=1S/C6H8O7.3Na/c7-3(8)1-6(13,5(11)12)2-4(9)10;;;/h13H,1-2H2,(H,7,8)(H,9,10)(H,11,12);;;/q;3*+1. The van der Waals surface area contributed by atoms with E-state index in [1.165, 1.54) is 0 Å². The van der Waals surface area contributed by atoms with E-state index in [9.17, 15) is 14.4 Å². The third-order valence-electron chi connectivity index (χ3n) is 1.29. The van der Waals surface area contributed by atoms with Crippen LogP contribution in [0.1, 0.15) is 12.8 Å². The first-order chi connectivity index (χ1) is 5.78. The van der Waals surface area contributed by atoms with E-state index >= 15 is 0 Å². The fraction of sp³-hybridized carbons (Fsp3) is 0.500. The molecule has 0 unspecified atom stereocenters. The van der Waals surface area contributed by atoms with Crippen LogP contribution in [0, 0.1) is 0 Å². The third kappa shape index (κ3) is 10.5. The molecule has 0 aliphatic heterocycles. The summed E-state index contributed by atoms with van der Waals surface area (Å²) in [5.74, 6) is -5.02. The minimum Gasteiger partial charge on any atom is -0.481 e. The molecule has 4 N–H and O–H groups in total. The van der Waals surface area contributed by atoms with Crippen LogP contribution in [0.2, 0.25) is 0 Å². The largest absolute Gasteiger partial charge is 1.00 e. The Morgan fingerprint density at radius 1 is 0.812 bits per heavy atom. The minimum atomic E-state index is -2.74. The van der Waals surface area contributed by atoms with Crippen LogP contribution in [-0.2, 0) is 14.4 Å². The normalized spacial score (nSPS) is 8.81. The van der Waals surface area contributed by atoms with Crippen LogP contribution in [0.3, 0.4) is 0 Å². The molecule has 0 heterocycles. The quantitative estimate of drug-likeness (QED) is 0.361. The maximum Gasteiger partial charge on any atom is 1.00 e. The number of hydrogen-bond donors (Lipinski definition) is 4. The van der Waals surface area contributed by atoms with Gasteiger partial charge in [0.2, 0.25) is 0 Å². The number of aliphatic carboxylic acids is 3. The van der Waals surface area contributed by atoms with Crippen molar-refractivity contribution in [2.75, 3.05) is 0 Å². The van der Waals surface area contributed by atoms with Crippen LogP contribution in [0.5, 0.6) is 0 Å². The van der Waals surface area contributed by atoms with Crippen molar-refractivity contribution in [1.29, 1.82) is 0 Å². The summed E-state index contributed by atoms with van der Waals surface area (Å²) in [7, 11) is 0. The Hall–Kier alpha value is 1.37. The average molecular weight is 261 g/mol. The van der Waals surface area contributed by atoms with Crippen molar-refractivity contribution >= 4 is 17.9 Å². The van der Waals surface area contributed by atoms with Crippen molar-refractivity contribution in [1.82, 2.24) is 0 Å². The van der Waals surface area contributed by atoms with E-state index in [1.807, 2.05) is 0 Å². The molecule has 0 rings (SSSR count). The van der Waals surface area contributed by atoms with Crippen LogP contribution < -0.4 is 88.7 Å². The van der Waals surface area contributed by atoms with E-state index < -0.39 is 36.4 Å². The number of carboxylic acid groups (broad SMARTS) is 3. The number of carbonyl (C=O) groups is 3. The number of carboxylic acids is 3. The van der Waals surface area contributed by atoms with E-state index in [2.05, 4.69) is 0 Å². The van der Waals surface area contributed by atoms with Crippen molar-refractivity contribution < 1.29 is 123 Å². The molecule has 0 fully saturated rings. The first-order valence-corrected chi connectivity index (χ1v) is 3.17. The molecule has 16 heavy (non-hydrogen) atoms. The van der Waals surface area contributed by atoms with Gasteiger partial charge >= 0.3 is 107 Å². The summed E-state index contributed by atoms with van der Waals surface area (Å²) < 4.78 is 0. The monoisotopic (exact) mass is 261 g/mol. The predicted octanol–water partition coefficient (Wildman–Crippen LogP) is -10.2. The molecule has 0 aromatic carbocycles. The van der Waals surface area contributed by atoms with Gasteiger partial charge in [-0.2, -0.15) is 0 Å². The molecule has 10 heteroatoms. The Balaban J connectivity index is -0.000000240. The Morgan fingerprint density at radius 3 is 1.19 bits per heavy atom. The fourth-order valence-corrected chi connectivity index (χ4v) is 0.714. The summed E-state index contributed by atoms with van der Waals surface area (Å²) in [4.78, 5) is 30.5. The zero-order valence-electron chi connectivity index (χ0n) is 9.43. The van der Waals surface area contributed by atoms with Crippen molar-refractivity contribution in [2.45, 2.75) is 18.4 Å². The smallest absolute Gasteiger partial charge is 0.481 e. The van der Waals surface area contributed by atoms with Gasteiger partial charge in [0.25, 0.3) is 0 Å². The van der Waals surface area contributed by atoms with Crippen molar-refractivity contribution in [3.63, 3.8) is 0 Å². The van der Waals surface area contributed by atoms with Crippen LogP contribution in [0.15, 0.2) is 0 Å². The second kappa shape index (κ2) is 11.5. The first-order valence-electron chi connectivity index (χ1n) is 3.17. The summed E-state index contributed by atoms with van der Waals surface area (Å²) in [6, 6.07) is 0. The minimum absolute atomic E-state index is 0. The number of hydrogen-bond acceptors (Lipinski definition) is 4. The molecule has 0 spiro atoms. The van der Waals surface area contributed by atoms with Gasteiger partial charge in [-0.05, 0) is 0 Å². The van der Waals surface area contributed by atoms with Crippen LogP contribution in [0.4, 0.5) is 0 Å². The van der Waals surface area contributed by atoms with Gasteiger partial charge in [-0.15, -0.1) is 0 Å². The van der Waals surface area contributed by atoms with Gasteiger partial charge in [0, 0.05) is 0 Å². The molecule has 0 bridgehead atoms. The maximum absolute atomic E-state index is 10.3. The first kappa shape index (κ1) is 26.0. The molecule has 0 amide bonds. The molecule has 0 saturated carbocycles. The summed E-state index contributed by atoms with van der Waals surface area (Å²) in [5.41, 5.74) is -2.74. The zero-order valence-corrected chi connectivity index (χ0v) is 15.4. The maximum atomic E-state index is 10.3. The van der Waals surface area contributed by atoms with E-state index in [0.717, 1.165) is 0 Å². The Kier molecular flexibility index (Phi) is 18.7. The molecule has 0 atom stereocenters. The van der Waals surface area contributed by atoms with Gasteiger partial charge in [-0.25, -0.2) is 4.79 Å². The molecular formula is C6H8Na3O7+3. The van der Waals surface area contributed by atoms with Gasteiger partial charge in [-0.3, -0.25) is 9.59 Å². The third-order valence-corrected chi connectivity index (χ3v) is 1.29. The molecule has 74 valence electrons. The average Bonchev–Trinajstić information content (AvgIpc) is 1.82. The van der Waals surface area contributed by atoms with Gasteiger partial charge < -0.3 is 20.4 Å². The molecule has 0 aromatic rings. The Bertz CT molecular complexity index is 239. The van der Waals surface area contributed by atoms with Crippen molar-refractivity contribution in [3.8, 4) is 0 Å². The molecule has 0 aliphatic carbocycles. The van der Waals surface area contributed by atoms with Crippen molar-refractivity contribution in [3.05, 3.63) is 0 Å². The van der Waals surface area contributed by atoms with Crippen molar-refractivity contribution in [2.24, 2.45) is 0 Å². The number of rotatable bonds is 5. The molecule has 7 nitrogen and oxygen atoms in total. The Labute approximate surface area is 157 Å². The zero-order chi connectivity index (χ0) is 10.6. The molecular weight excluding hydrogens is 253 g/mol. The van der Waals surface area contributed by atoms with Gasteiger partial charge in [0.15, 0.2) is 5.60 Å². The summed E-state index contributed by atoms with van der Waals surface area (Å²) in [5, 5.41) is 33.8. The van der Waals surface area contributed by atoms with Gasteiger partial charge in [0.1, 0.15) is 0 Å². The SMILES string of the molecule is O=C(O)CC(O)(CC(=O)O)C(=O)O.[Na+].[Na+].[Na+]. The van der Waals surface area contributed by atoms with Crippen LogP contribution >= 0.6 is 0 Å². The fourth-order valence-electron chi connectivity index (χ4n) is 0.714. The topological polar surface area (TPSA) is 132 Å². The van der Waals surface area contributed by atoms with Crippen LogP contribution in [0.25, 0.3) is 0 Å². The summed E-state index contributed by atoms with van der Waals surface area (Å²) in [6.45, 7) is 0. The Morgan fingerprint density at radius 2 is 1.06 bits per heavy atom. The molecule has 0 radical (unpaired) electrons. The van der Waals surface area contributed by atoms with E-state index in [0.29, 0.717) is 0 Å². The second-order valence-electron chi connectivity index (χ2n) is 2.48. The summed E-state index contributed by atoms with van der Waals surface area (Å²) in [6.07, 6.45) is -2.29. The summed E-state index contributed by atoms with van der Waals surface area (Å²) >= 11 is 0. The van der Waals surface area contributed by atoms with Gasteiger partial charge in [0.05, 0.1) is 12.8 Å². The molecule has 0 saturated heterocycles. The number of aliphatic hydroxyl groups is 1. The molecule has 0 aromatic heterocycles. The van der Waals surface area contributed by atoms with Crippen LogP contribution in [-0.4, -0.2) is 43.9 Å². The van der Waals surface area contributed by atoms with Gasteiger partial charge in [-0.1, -0.05) is 0 Å². The van der Waals surface area contributed by atoms with E-state index in [-0.39, 0.29) is 88.7 Å². The second-order valence-corrected chi connectivity index (χ2v) is 2.48.